The van der Waals surface area contributed by atoms with Crippen molar-refractivity contribution < 1.29 is 9.53 Å². The van der Waals surface area contributed by atoms with Gasteiger partial charge in [-0.15, -0.1) is 0 Å². The number of ether oxygens (including phenoxy) is 1. The Kier molecular flexibility index (Phi) is 6.84. The molecule has 0 radical (unpaired) electrons. The van der Waals surface area contributed by atoms with Gasteiger partial charge in [0.15, 0.2) is 0 Å². The summed E-state index contributed by atoms with van der Waals surface area (Å²) < 4.78 is 8.83. The summed E-state index contributed by atoms with van der Waals surface area (Å²) in [6, 6.07) is 11.0. The minimum Gasteiger partial charge on any atom is -0.459 e. The molecule has 0 atom stereocenters. The van der Waals surface area contributed by atoms with Gasteiger partial charge in [0.25, 0.3) is 5.56 Å². The van der Waals surface area contributed by atoms with Gasteiger partial charge in [-0.2, -0.15) is 0 Å². The summed E-state index contributed by atoms with van der Waals surface area (Å²) in [5, 5.41) is 1.45. The highest BCUT2D eigenvalue weighted by Gasteiger charge is 2.24. The Labute approximate surface area is 213 Å². The van der Waals surface area contributed by atoms with Crippen LogP contribution in [0.5, 0.6) is 0 Å². The number of para-hydroxylation sites is 1. The molecule has 0 amide bonds. The van der Waals surface area contributed by atoms with Gasteiger partial charge in [0.1, 0.15) is 17.8 Å². The van der Waals surface area contributed by atoms with Crippen LogP contribution in [0.15, 0.2) is 41.2 Å². The Morgan fingerprint density at radius 3 is 2.49 bits per heavy atom. The number of nitrogens with zero attached hydrogens (tertiary/aromatic N) is 3. The SMILES string of the molecule is CCCNn1c(C)c(-c2nc3cc(Cl)c(Cl)cc3n(CC(=O)OC(C)(C)C)c2=O)c2ccccc21. The molecule has 0 unspecified atom stereocenters. The summed E-state index contributed by atoms with van der Waals surface area (Å²) in [6.07, 6.45) is 0.942. The second-order valence-electron chi connectivity index (χ2n) is 9.41. The standard InChI is InChI=1S/C26H28Cl2N4O3/c1-6-11-29-32-15(2)23(16-9-7-8-10-20(16)32)24-25(34)31(14-22(33)35-26(3,4)5)21-13-18(28)17(27)12-19(21)30-24/h7-10,12-13,29H,6,11,14H2,1-5H3. The van der Waals surface area contributed by atoms with Gasteiger partial charge in [-0.1, -0.05) is 48.3 Å². The van der Waals surface area contributed by atoms with Gasteiger partial charge >= 0.3 is 5.97 Å². The first-order chi connectivity index (χ1) is 16.5. The fourth-order valence-electron chi connectivity index (χ4n) is 4.15. The maximum Gasteiger partial charge on any atom is 0.326 e. The Morgan fingerprint density at radius 2 is 1.80 bits per heavy atom. The lowest BCUT2D eigenvalue weighted by Crippen LogP contribution is -2.32. The van der Waals surface area contributed by atoms with Crippen LogP contribution in [0.4, 0.5) is 0 Å². The Hall–Kier alpha value is -3.03. The molecule has 4 aromatic rings. The van der Waals surface area contributed by atoms with E-state index in [4.69, 9.17) is 32.9 Å². The number of rotatable bonds is 6. The van der Waals surface area contributed by atoms with Gasteiger partial charge in [0.2, 0.25) is 0 Å². The van der Waals surface area contributed by atoms with Crippen molar-refractivity contribution >= 4 is 51.1 Å². The van der Waals surface area contributed by atoms with Crippen molar-refractivity contribution in [3.63, 3.8) is 0 Å². The number of esters is 1. The Bertz CT molecular complexity index is 1500. The number of fused-ring (bicyclic) bond motifs is 2. The molecule has 9 heteroatoms. The van der Waals surface area contributed by atoms with Gasteiger partial charge in [-0.3, -0.25) is 18.8 Å². The molecule has 0 spiro atoms. The van der Waals surface area contributed by atoms with Crippen LogP contribution in [-0.4, -0.2) is 32.3 Å². The number of benzene rings is 2. The molecule has 7 nitrogen and oxygen atoms in total. The molecule has 2 aromatic heterocycles. The van der Waals surface area contributed by atoms with E-state index in [-0.39, 0.29) is 17.3 Å². The van der Waals surface area contributed by atoms with E-state index < -0.39 is 17.1 Å². The summed E-state index contributed by atoms with van der Waals surface area (Å²) in [6.45, 7) is 9.85. The zero-order valence-electron chi connectivity index (χ0n) is 20.4. The highest BCUT2D eigenvalue weighted by atomic mass is 35.5. The van der Waals surface area contributed by atoms with Crippen molar-refractivity contribution in [2.45, 2.75) is 53.2 Å². The number of nitrogens with one attached hydrogen (secondary N) is 1. The summed E-state index contributed by atoms with van der Waals surface area (Å²) in [7, 11) is 0. The van der Waals surface area contributed by atoms with Gasteiger partial charge in [0, 0.05) is 23.2 Å². The molecule has 1 N–H and O–H groups in total. The summed E-state index contributed by atoms with van der Waals surface area (Å²) in [4.78, 5) is 31.4. The number of carbonyl (C=O) groups is 1. The van der Waals surface area contributed by atoms with Crippen LogP contribution >= 0.6 is 23.2 Å². The van der Waals surface area contributed by atoms with Crippen LogP contribution in [0.25, 0.3) is 33.2 Å². The third-order valence-corrected chi connectivity index (χ3v) is 6.29. The molecular weight excluding hydrogens is 487 g/mol. The van der Waals surface area contributed by atoms with E-state index in [0.717, 1.165) is 29.6 Å². The summed E-state index contributed by atoms with van der Waals surface area (Å²) in [5.41, 5.74) is 5.86. The average molecular weight is 515 g/mol. The van der Waals surface area contributed by atoms with E-state index in [1.807, 2.05) is 35.9 Å². The van der Waals surface area contributed by atoms with Crippen LogP contribution in [0.2, 0.25) is 10.0 Å². The van der Waals surface area contributed by atoms with Crippen molar-refractivity contribution in [1.82, 2.24) is 14.2 Å². The molecule has 0 saturated heterocycles. The summed E-state index contributed by atoms with van der Waals surface area (Å²) >= 11 is 12.6. The van der Waals surface area contributed by atoms with Crippen molar-refractivity contribution in [3.8, 4) is 11.3 Å². The number of carbonyl (C=O) groups excluding carboxylic acids is 1. The molecular formula is C26H28Cl2N4O3. The largest absolute Gasteiger partial charge is 0.459 e. The molecule has 35 heavy (non-hydrogen) atoms. The molecule has 0 saturated carbocycles. The minimum absolute atomic E-state index is 0.227. The van der Waals surface area contributed by atoms with Gasteiger partial charge in [0.05, 0.1) is 26.6 Å². The van der Waals surface area contributed by atoms with E-state index in [1.54, 1.807) is 32.9 Å². The van der Waals surface area contributed by atoms with E-state index in [1.165, 1.54) is 4.57 Å². The van der Waals surface area contributed by atoms with Crippen LogP contribution in [0.1, 0.15) is 39.8 Å². The van der Waals surface area contributed by atoms with Gasteiger partial charge in [-0.05, 0) is 52.3 Å². The first-order valence-electron chi connectivity index (χ1n) is 11.5. The third kappa shape index (κ3) is 4.88. The number of halogens is 2. The fraction of sp³-hybridized carbons (Fsp3) is 0.346. The Morgan fingerprint density at radius 1 is 1.11 bits per heavy atom. The van der Waals surface area contributed by atoms with Crippen molar-refractivity contribution in [3.05, 3.63) is 62.5 Å². The molecule has 0 aliphatic heterocycles. The highest BCUT2D eigenvalue weighted by molar-refractivity contribution is 6.42. The van der Waals surface area contributed by atoms with Gasteiger partial charge in [-0.25, -0.2) is 4.98 Å². The second kappa shape index (κ2) is 9.55. The lowest BCUT2D eigenvalue weighted by Gasteiger charge is -2.20. The summed E-state index contributed by atoms with van der Waals surface area (Å²) in [5.74, 6) is -0.534. The lowest BCUT2D eigenvalue weighted by molar-refractivity contribution is -0.155. The quantitative estimate of drug-likeness (QED) is 0.322. The highest BCUT2D eigenvalue weighted by Crippen LogP contribution is 2.33. The number of hydrogen-bond acceptors (Lipinski definition) is 5. The van der Waals surface area contributed by atoms with Gasteiger partial charge < -0.3 is 10.2 Å². The fourth-order valence-corrected chi connectivity index (χ4v) is 4.47. The predicted octanol–water partition coefficient (Wildman–Crippen LogP) is 5.93. The van der Waals surface area contributed by atoms with E-state index in [2.05, 4.69) is 12.3 Å². The van der Waals surface area contributed by atoms with Crippen LogP contribution in [0, 0.1) is 6.92 Å². The lowest BCUT2D eigenvalue weighted by atomic mass is 10.1. The zero-order chi connectivity index (χ0) is 25.5. The topological polar surface area (TPSA) is 78.2 Å². The molecule has 2 heterocycles. The van der Waals surface area contributed by atoms with Crippen LogP contribution < -0.4 is 11.0 Å². The maximum atomic E-state index is 13.9. The van der Waals surface area contributed by atoms with Crippen LogP contribution in [-0.2, 0) is 16.1 Å². The second-order valence-corrected chi connectivity index (χ2v) is 10.2. The van der Waals surface area contributed by atoms with Crippen molar-refractivity contribution in [1.29, 1.82) is 0 Å². The van der Waals surface area contributed by atoms with Crippen molar-refractivity contribution in [2.75, 3.05) is 12.0 Å². The molecule has 0 fully saturated rings. The number of aromatic nitrogens is 3. The molecule has 0 aliphatic rings. The van der Waals surface area contributed by atoms with E-state index in [0.29, 0.717) is 21.6 Å². The monoisotopic (exact) mass is 514 g/mol. The predicted molar refractivity (Wildman–Crippen MR) is 142 cm³/mol. The zero-order valence-corrected chi connectivity index (χ0v) is 21.9. The molecule has 184 valence electrons. The maximum absolute atomic E-state index is 13.9. The van der Waals surface area contributed by atoms with E-state index >= 15 is 0 Å². The molecule has 2 aromatic carbocycles. The molecule has 0 bridgehead atoms. The smallest absolute Gasteiger partial charge is 0.326 e. The normalized spacial score (nSPS) is 11.9. The molecule has 0 aliphatic carbocycles. The first-order valence-corrected chi connectivity index (χ1v) is 12.2. The average Bonchev–Trinajstić information content (AvgIpc) is 3.05. The third-order valence-electron chi connectivity index (χ3n) is 5.56. The minimum atomic E-state index is -0.692. The molecule has 4 rings (SSSR count). The van der Waals surface area contributed by atoms with Crippen LogP contribution in [0.3, 0.4) is 0 Å². The Balaban J connectivity index is 2.01. The number of hydrogen-bond donors (Lipinski definition) is 1. The first kappa shape index (κ1) is 25.1. The van der Waals surface area contributed by atoms with Crippen molar-refractivity contribution in [2.24, 2.45) is 0 Å². The van der Waals surface area contributed by atoms with E-state index in [9.17, 15) is 9.59 Å².